The third kappa shape index (κ3) is 5.97. The fourth-order valence-corrected chi connectivity index (χ4v) is 1.45. The maximum Gasteiger partial charge on any atom is 0.223 e. The van der Waals surface area contributed by atoms with E-state index < -0.39 is 0 Å². The SMILES string of the molecule is CCCN(CCC)CCC(=O)N(C)C. The summed E-state index contributed by atoms with van der Waals surface area (Å²) in [6.07, 6.45) is 2.97. The van der Waals surface area contributed by atoms with Crippen molar-refractivity contribution in [3.63, 3.8) is 0 Å². The van der Waals surface area contributed by atoms with Gasteiger partial charge < -0.3 is 9.80 Å². The van der Waals surface area contributed by atoms with Crippen LogP contribution in [0.15, 0.2) is 0 Å². The molecule has 0 aromatic carbocycles. The molecule has 0 atom stereocenters. The normalized spacial score (nSPS) is 10.6. The largest absolute Gasteiger partial charge is 0.349 e. The molecule has 0 bridgehead atoms. The Hall–Kier alpha value is -0.570. The van der Waals surface area contributed by atoms with E-state index >= 15 is 0 Å². The Labute approximate surface area is 88.1 Å². The van der Waals surface area contributed by atoms with Gasteiger partial charge in [0, 0.05) is 27.1 Å². The Morgan fingerprint density at radius 2 is 1.50 bits per heavy atom. The topological polar surface area (TPSA) is 23.6 Å². The molecule has 0 aromatic heterocycles. The van der Waals surface area contributed by atoms with Crippen LogP contribution in [0.5, 0.6) is 0 Å². The van der Waals surface area contributed by atoms with Gasteiger partial charge in [-0.15, -0.1) is 0 Å². The first-order valence-electron chi connectivity index (χ1n) is 5.54. The third-order valence-electron chi connectivity index (χ3n) is 2.22. The average molecular weight is 200 g/mol. The predicted molar refractivity (Wildman–Crippen MR) is 60.3 cm³/mol. The summed E-state index contributed by atoms with van der Waals surface area (Å²) < 4.78 is 0. The van der Waals surface area contributed by atoms with Crippen LogP contribution in [-0.4, -0.2) is 49.4 Å². The van der Waals surface area contributed by atoms with Crippen LogP contribution in [0.25, 0.3) is 0 Å². The first kappa shape index (κ1) is 13.4. The molecule has 0 saturated carbocycles. The summed E-state index contributed by atoms with van der Waals surface area (Å²) in [6, 6.07) is 0. The fraction of sp³-hybridized carbons (Fsp3) is 0.909. The van der Waals surface area contributed by atoms with Gasteiger partial charge in [-0.25, -0.2) is 0 Å². The number of rotatable bonds is 7. The Morgan fingerprint density at radius 3 is 1.86 bits per heavy atom. The highest BCUT2D eigenvalue weighted by Gasteiger charge is 2.07. The molecule has 0 aliphatic heterocycles. The predicted octanol–water partition coefficient (Wildman–Crippen LogP) is 1.59. The molecule has 3 heteroatoms. The van der Waals surface area contributed by atoms with E-state index in [0.29, 0.717) is 6.42 Å². The van der Waals surface area contributed by atoms with E-state index in [1.807, 2.05) is 14.1 Å². The minimum absolute atomic E-state index is 0.224. The van der Waals surface area contributed by atoms with Crippen LogP contribution in [0.3, 0.4) is 0 Å². The lowest BCUT2D eigenvalue weighted by Crippen LogP contribution is -2.31. The highest BCUT2D eigenvalue weighted by Crippen LogP contribution is 1.97. The number of nitrogens with zero attached hydrogens (tertiary/aromatic N) is 2. The molecule has 0 N–H and O–H groups in total. The van der Waals surface area contributed by atoms with Crippen molar-refractivity contribution in [2.24, 2.45) is 0 Å². The first-order chi connectivity index (χ1) is 6.61. The van der Waals surface area contributed by atoms with E-state index in [-0.39, 0.29) is 5.91 Å². The van der Waals surface area contributed by atoms with Gasteiger partial charge in [0.2, 0.25) is 5.91 Å². The van der Waals surface area contributed by atoms with Gasteiger partial charge in [0.1, 0.15) is 0 Å². The zero-order valence-electron chi connectivity index (χ0n) is 10.0. The fourth-order valence-electron chi connectivity index (χ4n) is 1.45. The summed E-state index contributed by atoms with van der Waals surface area (Å²) in [5.74, 6) is 0.224. The zero-order chi connectivity index (χ0) is 11.0. The summed E-state index contributed by atoms with van der Waals surface area (Å²) in [4.78, 5) is 15.4. The molecule has 0 rings (SSSR count). The van der Waals surface area contributed by atoms with Crippen molar-refractivity contribution in [3.8, 4) is 0 Å². The lowest BCUT2D eigenvalue weighted by atomic mass is 10.3. The van der Waals surface area contributed by atoms with Crippen molar-refractivity contribution in [1.82, 2.24) is 9.80 Å². The van der Waals surface area contributed by atoms with E-state index in [9.17, 15) is 4.79 Å². The Kier molecular flexibility index (Phi) is 7.48. The molecule has 0 heterocycles. The van der Waals surface area contributed by atoms with Gasteiger partial charge in [-0.2, -0.15) is 0 Å². The van der Waals surface area contributed by atoms with Crippen molar-refractivity contribution >= 4 is 5.91 Å². The second-order valence-electron chi connectivity index (χ2n) is 3.88. The lowest BCUT2D eigenvalue weighted by Gasteiger charge is -2.21. The molecule has 3 nitrogen and oxygen atoms in total. The van der Waals surface area contributed by atoms with Crippen LogP contribution in [0.1, 0.15) is 33.1 Å². The van der Waals surface area contributed by atoms with Gasteiger partial charge in [0.15, 0.2) is 0 Å². The molecule has 0 aromatic rings. The highest BCUT2D eigenvalue weighted by atomic mass is 16.2. The van der Waals surface area contributed by atoms with Crippen molar-refractivity contribution in [1.29, 1.82) is 0 Å². The average Bonchev–Trinajstić information content (AvgIpc) is 2.14. The number of hydrogen-bond acceptors (Lipinski definition) is 2. The minimum atomic E-state index is 0.224. The van der Waals surface area contributed by atoms with Crippen LogP contribution >= 0.6 is 0 Å². The molecular weight excluding hydrogens is 176 g/mol. The van der Waals surface area contributed by atoms with E-state index in [1.165, 1.54) is 0 Å². The Morgan fingerprint density at radius 1 is 1.00 bits per heavy atom. The van der Waals surface area contributed by atoms with Crippen LogP contribution in [0.2, 0.25) is 0 Å². The summed E-state index contributed by atoms with van der Waals surface area (Å²) in [7, 11) is 3.62. The first-order valence-corrected chi connectivity index (χ1v) is 5.54. The van der Waals surface area contributed by atoms with Gasteiger partial charge in [0.05, 0.1) is 0 Å². The smallest absolute Gasteiger partial charge is 0.223 e. The molecule has 0 aliphatic carbocycles. The van der Waals surface area contributed by atoms with Crippen molar-refractivity contribution < 1.29 is 4.79 Å². The van der Waals surface area contributed by atoms with Gasteiger partial charge in [-0.1, -0.05) is 13.8 Å². The second-order valence-corrected chi connectivity index (χ2v) is 3.88. The van der Waals surface area contributed by atoms with Gasteiger partial charge in [-0.05, 0) is 25.9 Å². The Balaban J connectivity index is 3.74. The Bertz CT molecular complexity index is 151. The minimum Gasteiger partial charge on any atom is -0.349 e. The lowest BCUT2D eigenvalue weighted by molar-refractivity contribution is -0.129. The quantitative estimate of drug-likeness (QED) is 0.623. The van der Waals surface area contributed by atoms with E-state index in [1.54, 1.807) is 4.90 Å². The summed E-state index contributed by atoms with van der Waals surface area (Å²) in [5.41, 5.74) is 0. The van der Waals surface area contributed by atoms with Crippen molar-refractivity contribution in [3.05, 3.63) is 0 Å². The zero-order valence-corrected chi connectivity index (χ0v) is 10.0. The van der Waals surface area contributed by atoms with E-state index in [4.69, 9.17) is 0 Å². The molecule has 0 saturated heterocycles. The van der Waals surface area contributed by atoms with Crippen LogP contribution in [-0.2, 0) is 4.79 Å². The molecule has 0 radical (unpaired) electrons. The second kappa shape index (κ2) is 7.80. The van der Waals surface area contributed by atoms with Gasteiger partial charge >= 0.3 is 0 Å². The monoisotopic (exact) mass is 200 g/mol. The molecule has 1 amide bonds. The van der Waals surface area contributed by atoms with E-state index in [0.717, 1.165) is 32.5 Å². The van der Waals surface area contributed by atoms with Crippen LogP contribution < -0.4 is 0 Å². The van der Waals surface area contributed by atoms with Crippen molar-refractivity contribution in [2.75, 3.05) is 33.7 Å². The molecular formula is C11H24N2O. The van der Waals surface area contributed by atoms with Crippen LogP contribution in [0, 0.1) is 0 Å². The molecule has 84 valence electrons. The van der Waals surface area contributed by atoms with Crippen molar-refractivity contribution in [2.45, 2.75) is 33.1 Å². The van der Waals surface area contributed by atoms with Gasteiger partial charge in [-0.3, -0.25) is 4.79 Å². The maximum atomic E-state index is 11.4. The number of carbonyl (C=O) groups is 1. The highest BCUT2D eigenvalue weighted by molar-refractivity contribution is 5.75. The summed E-state index contributed by atoms with van der Waals surface area (Å²) in [6.45, 7) is 7.47. The maximum absolute atomic E-state index is 11.4. The number of carbonyl (C=O) groups excluding carboxylic acids is 1. The number of amides is 1. The number of hydrogen-bond donors (Lipinski definition) is 0. The standard InChI is InChI=1S/C11H24N2O/c1-5-8-13(9-6-2)10-7-11(14)12(3)4/h5-10H2,1-4H3. The molecule has 0 spiro atoms. The van der Waals surface area contributed by atoms with Crippen LogP contribution in [0.4, 0.5) is 0 Å². The molecule has 0 unspecified atom stereocenters. The van der Waals surface area contributed by atoms with Gasteiger partial charge in [0.25, 0.3) is 0 Å². The third-order valence-corrected chi connectivity index (χ3v) is 2.22. The summed E-state index contributed by atoms with van der Waals surface area (Å²) in [5, 5.41) is 0. The molecule has 0 aliphatic rings. The summed E-state index contributed by atoms with van der Waals surface area (Å²) >= 11 is 0. The molecule has 0 fully saturated rings. The van der Waals surface area contributed by atoms with E-state index in [2.05, 4.69) is 18.7 Å². The molecule has 14 heavy (non-hydrogen) atoms.